The molecule has 0 unspecified atom stereocenters. The normalized spacial score (nSPS) is 11.5. The van der Waals surface area contributed by atoms with Gasteiger partial charge in [-0.05, 0) is 45.4 Å². The van der Waals surface area contributed by atoms with Gasteiger partial charge in [-0.3, -0.25) is 0 Å². The first kappa shape index (κ1) is 63.5. The topological polar surface area (TPSA) is 183 Å². The number of hydrogen-bond acceptors (Lipinski definition) is 19. The van der Waals surface area contributed by atoms with E-state index in [1.54, 1.807) is 14.0 Å². The number of hydrogen-bond donors (Lipinski definition) is 0. The van der Waals surface area contributed by atoms with E-state index in [2.05, 4.69) is 6.58 Å². The van der Waals surface area contributed by atoms with Crippen LogP contribution in [0.5, 0.6) is 0 Å². The summed E-state index contributed by atoms with van der Waals surface area (Å²) >= 11 is 0. The van der Waals surface area contributed by atoms with Gasteiger partial charge in [-0.1, -0.05) is 6.58 Å². The Kier molecular flexibility index (Phi) is 57.3. The summed E-state index contributed by atoms with van der Waals surface area (Å²) in [7, 11) is 1.65. The number of carbonyl (C=O) groups is 1. The van der Waals surface area contributed by atoms with Crippen LogP contribution in [0.2, 0.25) is 0 Å². The summed E-state index contributed by atoms with van der Waals surface area (Å²) in [6, 6.07) is 0. The largest absolute Gasteiger partial charge is 0.462 e. The molecule has 0 heterocycles. The summed E-state index contributed by atoms with van der Waals surface area (Å²) in [6.45, 7) is 24.6. The standard InChI is InChI=1S/C46H90O19/c1-45(2)46(47)65-24-10-23-54-20-8-19-52-16-6-15-50-12-4-11-49-13-5-14-51-17-7-18-53-21-9-22-55-27-28-57-31-32-59-35-36-61-39-40-63-43-44-64-42-41-62-38-37-60-34-33-58-30-29-56-26-25-48-3/h1,4-44H2,2-3H3. The maximum absolute atomic E-state index is 11.3. The fourth-order valence-corrected chi connectivity index (χ4v) is 4.86. The lowest BCUT2D eigenvalue weighted by Crippen LogP contribution is -2.15. The molecule has 65 heavy (non-hydrogen) atoms. The van der Waals surface area contributed by atoms with E-state index in [0.717, 1.165) is 38.5 Å². The van der Waals surface area contributed by atoms with E-state index in [-0.39, 0.29) is 5.97 Å². The second-order valence-electron chi connectivity index (χ2n) is 14.2. The maximum atomic E-state index is 11.3. The summed E-state index contributed by atoms with van der Waals surface area (Å²) in [6.07, 6.45) is 5.82. The third kappa shape index (κ3) is 58.6. The van der Waals surface area contributed by atoms with Crippen LogP contribution in [-0.2, 0) is 90.1 Å². The minimum absolute atomic E-state index is 0.347. The van der Waals surface area contributed by atoms with E-state index in [1.807, 2.05) is 0 Å². The molecule has 0 amide bonds. The van der Waals surface area contributed by atoms with Gasteiger partial charge in [0.15, 0.2) is 0 Å². The van der Waals surface area contributed by atoms with Gasteiger partial charge in [-0.15, -0.1) is 0 Å². The van der Waals surface area contributed by atoms with Crippen molar-refractivity contribution in [2.45, 2.75) is 51.9 Å². The van der Waals surface area contributed by atoms with Crippen molar-refractivity contribution in [3.05, 3.63) is 12.2 Å². The summed E-state index contributed by atoms with van der Waals surface area (Å²) < 4.78 is 98.4. The zero-order valence-corrected chi connectivity index (χ0v) is 40.5. The Labute approximate surface area is 391 Å². The molecule has 0 N–H and O–H groups in total. The molecular weight excluding hydrogens is 856 g/mol. The Balaban J connectivity index is 3.08. The summed E-state index contributed by atoms with van der Waals surface area (Å²) in [4.78, 5) is 11.3. The molecule has 0 aliphatic carbocycles. The maximum Gasteiger partial charge on any atom is 0.333 e. The Hall–Kier alpha value is -1.47. The quantitative estimate of drug-likeness (QED) is 0.0488. The van der Waals surface area contributed by atoms with Crippen molar-refractivity contribution in [1.29, 1.82) is 0 Å². The highest BCUT2D eigenvalue weighted by molar-refractivity contribution is 5.86. The van der Waals surface area contributed by atoms with Gasteiger partial charge in [0, 0.05) is 105 Å². The number of ether oxygens (including phenoxy) is 18. The molecule has 0 saturated heterocycles. The van der Waals surface area contributed by atoms with Crippen molar-refractivity contribution < 1.29 is 90.1 Å². The molecule has 0 fully saturated rings. The lowest BCUT2D eigenvalue weighted by molar-refractivity contribution is -0.139. The van der Waals surface area contributed by atoms with Gasteiger partial charge in [0.05, 0.1) is 139 Å². The second kappa shape index (κ2) is 58.7. The van der Waals surface area contributed by atoms with E-state index in [0.29, 0.717) is 237 Å². The number of esters is 1. The van der Waals surface area contributed by atoms with Crippen LogP contribution in [0.25, 0.3) is 0 Å². The highest BCUT2D eigenvalue weighted by atomic mass is 16.6. The van der Waals surface area contributed by atoms with E-state index < -0.39 is 0 Å². The van der Waals surface area contributed by atoms with Crippen molar-refractivity contribution in [2.75, 3.05) is 232 Å². The molecule has 0 saturated carbocycles. The summed E-state index contributed by atoms with van der Waals surface area (Å²) in [5, 5.41) is 0. The van der Waals surface area contributed by atoms with E-state index in [9.17, 15) is 4.79 Å². The van der Waals surface area contributed by atoms with Crippen LogP contribution >= 0.6 is 0 Å². The van der Waals surface area contributed by atoms with Gasteiger partial charge >= 0.3 is 5.97 Å². The fourth-order valence-electron chi connectivity index (χ4n) is 4.86. The Morgan fingerprint density at radius 3 is 0.600 bits per heavy atom. The number of carbonyl (C=O) groups excluding carboxylic acids is 1. The molecule has 0 aromatic heterocycles. The van der Waals surface area contributed by atoms with E-state index in [1.165, 1.54) is 0 Å². The molecule has 0 aliphatic rings. The zero-order valence-electron chi connectivity index (χ0n) is 40.5. The SMILES string of the molecule is C=C(C)C(=O)OCCCOCCCOCCCOCCCOCCCOCCCOCCCOCCOCCOCCOCCOCCOCCOCCOCCOCCOCCOC. The van der Waals surface area contributed by atoms with Crippen molar-refractivity contribution in [2.24, 2.45) is 0 Å². The Morgan fingerprint density at radius 2 is 0.415 bits per heavy atom. The minimum Gasteiger partial charge on any atom is -0.462 e. The first-order valence-corrected chi connectivity index (χ1v) is 23.7. The van der Waals surface area contributed by atoms with Gasteiger partial charge in [0.2, 0.25) is 0 Å². The van der Waals surface area contributed by atoms with Gasteiger partial charge in [0.25, 0.3) is 0 Å². The Bertz CT molecular complexity index is 922. The summed E-state index contributed by atoms with van der Waals surface area (Å²) in [5.41, 5.74) is 0.408. The predicted octanol–water partition coefficient (Wildman–Crippen LogP) is 3.75. The van der Waals surface area contributed by atoms with Crippen molar-refractivity contribution in [1.82, 2.24) is 0 Å². The average Bonchev–Trinajstić information content (AvgIpc) is 3.31. The molecule has 0 radical (unpaired) electrons. The first-order chi connectivity index (χ1) is 32.2. The molecule has 0 aromatic carbocycles. The molecule has 0 rings (SSSR count). The van der Waals surface area contributed by atoms with E-state index in [4.69, 9.17) is 85.3 Å². The third-order valence-corrected chi connectivity index (χ3v) is 8.26. The highest BCUT2D eigenvalue weighted by Gasteiger charge is 2.02. The van der Waals surface area contributed by atoms with Gasteiger partial charge in [0.1, 0.15) is 0 Å². The molecule has 0 aliphatic heterocycles. The number of methoxy groups -OCH3 is 1. The van der Waals surface area contributed by atoms with E-state index >= 15 is 0 Å². The predicted molar refractivity (Wildman–Crippen MR) is 243 cm³/mol. The van der Waals surface area contributed by atoms with Crippen LogP contribution in [0.3, 0.4) is 0 Å². The number of rotatable bonds is 59. The molecular formula is C46H90O19. The van der Waals surface area contributed by atoms with Crippen LogP contribution in [-0.4, -0.2) is 238 Å². The molecule has 0 atom stereocenters. The van der Waals surface area contributed by atoms with Crippen LogP contribution in [0.4, 0.5) is 0 Å². The van der Waals surface area contributed by atoms with Crippen LogP contribution in [0.15, 0.2) is 12.2 Å². The zero-order chi connectivity index (χ0) is 46.9. The fraction of sp³-hybridized carbons (Fsp3) is 0.935. The summed E-state index contributed by atoms with van der Waals surface area (Å²) in [5.74, 6) is -0.359. The van der Waals surface area contributed by atoms with Gasteiger partial charge in [-0.25, -0.2) is 4.79 Å². The highest BCUT2D eigenvalue weighted by Crippen LogP contribution is 1.97. The van der Waals surface area contributed by atoms with Crippen molar-refractivity contribution in [3.63, 3.8) is 0 Å². The lowest BCUT2D eigenvalue weighted by Gasteiger charge is -2.09. The van der Waals surface area contributed by atoms with Gasteiger partial charge < -0.3 is 85.3 Å². The smallest absolute Gasteiger partial charge is 0.333 e. The minimum atomic E-state index is -0.359. The first-order valence-electron chi connectivity index (χ1n) is 23.7. The van der Waals surface area contributed by atoms with Crippen molar-refractivity contribution >= 4 is 5.97 Å². The third-order valence-electron chi connectivity index (χ3n) is 8.26. The lowest BCUT2D eigenvalue weighted by atomic mass is 10.4. The molecule has 19 heteroatoms. The van der Waals surface area contributed by atoms with Crippen molar-refractivity contribution in [3.8, 4) is 0 Å². The van der Waals surface area contributed by atoms with Crippen LogP contribution in [0.1, 0.15) is 51.9 Å². The van der Waals surface area contributed by atoms with Gasteiger partial charge in [-0.2, -0.15) is 0 Å². The van der Waals surface area contributed by atoms with Crippen LogP contribution in [0, 0.1) is 0 Å². The average molecular weight is 947 g/mol. The molecule has 19 nitrogen and oxygen atoms in total. The van der Waals surface area contributed by atoms with Crippen LogP contribution < -0.4 is 0 Å². The monoisotopic (exact) mass is 947 g/mol. The second-order valence-corrected chi connectivity index (χ2v) is 14.2. The molecule has 0 spiro atoms. The molecule has 388 valence electrons. The molecule has 0 bridgehead atoms. The Morgan fingerprint density at radius 1 is 0.262 bits per heavy atom. The molecule has 0 aromatic rings.